The van der Waals surface area contributed by atoms with Crippen LogP contribution in [0.25, 0.3) is 5.69 Å². The molecule has 0 saturated carbocycles. The number of halogens is 1. The van der Waals surface area contributed by atoms with Crippen molar-refractivity contribution in [3.63, 3.8) is 0 Å². The quantitative estimate of drug-likeness (QED) is 0.490. The number of benzene rings is 1. The Labute approximate surface area is 178 Å². The van der Waals surface area contributed by atoms with Crippen LogP contribution in [-0.2, 0) is 11.3 Å². The predicted octanol–water partition coefficient (Wildman–Crippen LogP) is 5.09. The van der Waals surface area contributed by atoms with E-state index in [1.165, 1.54) is 18.2 Å². The molecule has 3 aromatic rings. The van der Waals surface area contributed by atoms with Gasteiger partial charge in [0.2, 0.25) is 5.91 Å². The molecule has 8 heteroatoms. The second-order valence-electron chi connectivity index (χ2n) is 6.75. The number of amides is 1. The van der Waals surface area contributed by atoms with Crippen LogP contribution in [0.5, 0.6) is 0 Å². The molecule has 29 heavy (non-hydrogen) atoms. The van der Waals surface area contributed by atoms with Gasteiger partial charge in [-0.25, -0.2) is 0 Å². The Morgan fingerprint density at radius 1 is 1.28 bits per heavy atom. The van der Waals surface area contributed by atoms with Gasteiger partial charge in [0.15, 0.2) is 5.16 Å². The van der Waals surface area contributed by atoms with Crippen molar-refractivity contribution in [3.8, 4) is 5.69 Å². The fraction of sp³-hybridized carbons (Fsp3) is 0.286. The number of hydrogen-bond donors (Lipinski definition) is 0. The largest absolute Gasteiger partial charge is 0.467 e. The second kappa shape index (κ2) is 9.33. The molecule has 0 saturated heterocycles. The van der Waals surface area contributed by atoms with Gasteiger partial charge in [0.25, 0.3) is 0 Å². The SMILES string of the molecule is O=C(CSc1nncn1-c1cccc(Cl)c1)N(Cc1ccco1)C1=CCCCC1. The average Bonchev–Trinajstić information content (AvgIpc) is 3.43. The molecule has 4 rings (SSSR count). The molecular formula is C21H21ClN4O2S. The molecule has 0 atom stereocenters. The molecule has 1 aliphatic carbocycles. The van der Waals surface area contributed by atoms with E-state index in [1.54, 1.807) is 12.6 Å². The first kappa shape index (κ1) is 19.8. The molecule has 0 unspecified atom stereocenters. The van der Waals surface area contributed by atoms with Gasteiger partial charge >= 0.3 is 0 Å². The van der Waals surface area contributed by atoms with Crippen LogP contribution < -0.4 is 0 Å². The number of carbonyl (C=O) groups excluding carboxylic acids is 1. The molecule has 150 valence electrons. The van der Waals surface area contributed by atoms with Crippen LogP contribution in [-0.4, -0.2) is 31.3 Å². The van der Waals surface area contributed by atoms with Crippen LogP contribution in [0.1, 0.15) is 31.4 Å². The minimum absolute atomic E-state index is 0.0280. The number of carbonyl (C=O) groups is 1. The number of furan rings is 1. The van der Waals surface area contributed by atoms with Gasteiger partial charge in [0, 0.05) is 10.7 Å². The van der Waals surface area contributed by atoms with E-state index >= 15 is 0 Å². The number of allylic oxidation sites excluding steroid dienone is 2. The summed E-state index contributed by atoms with van der Waals surface area (Å²) in [4.78, 5) is 14.9. The van der Waals surface area contributed by atoms with Gasteiger partial charge in [-0.05, 0) is 56.0 Å². The van der Waals surface area contributed by atoms with E-state index in [1.807, 2.05) is 45.9 Å². The van der Waals surface area contributed by atoms with Gasteiger partial charge in [-0.1, -0.05) is 35.5 Å². The molecule has 2 heterocycles. The maximum Gasteiger partial charge on any atom is 0.237 e. The highest BCUT2D eigenvalue weighted by Gasteiger charge is 2.22. The van der Waals surface area contributed by atoms with Gasteiger partial charge in [-0.2, -0.15) is 0 Å². The summed E-state index contributed by atoms with van der Waals surface area (Å²) < 4.78 is 7.31. The van der Waals surface area contributed by atoms with Crippen LogP contribution >= 0.6 is 23.4 Å². The average molecular weight is 429 g/mol. The summed E-state index contributed by atoms with van der Waals surface area (Å²) in [6.07, 6.45) is 9.62. The van der Waals surface area contributed by atoms with Gasteiger partial charge in [0.05, 0.1) is 24.2 Å². The van der Waals surface area contributed by atoms with Crippen LogP contribution in [0.3, 0.4) is 0 Å². The first-order chi connectivity index (χ1) is 14.2. The monoisotopic (exact) mass is 428 g/mol. The number of aromatic nitrogens is 3. The van der Waals surface area contributed by atoms with Crippen LogP contribution in [0.2, 0.25) is 5.02 Å². The van der Waals surface area contributed by atoms with Gasteiger partial charge in [0.1, 0.15) is 12.1 Å². The molecule has 1 aliphatic rings. The van der Waals surface area contributed by atoms with E-state index in [0.29, 0.717) is 16.7 Å². The predicted molar refractivity (Wildman–Crippen MR) is 113 cm³/mol. The fourth-order valence-corrected chi connectivity index (χ4v) is 4.29. The number of hydrogen-bond acceptors (Lipinski definition) is 5. The van der Waals surface area contributed by atoms with Crippen LogP contribution in [0.4, 0.5) is 0 Å². The van der Waals surface area contributed by atoms with Crippen LogP contribution in [0.15, 0.2) is 70.3 Å². The third-order valence-electron chi connectivity index (χ3n) is 4.74. The summed E-state index contributed by atoms with van der Waals surface area (Å²) in [5.74, 6) is 1.06. The molecule has 0 aliphatic heterocycles. The summed E-state index contributed by atoms with van der Waals surface area (Å²) in [5.41, 5.74) is 1.94. The maximum atomic E-state index is 13.1. The number of nitrogens with zero attached hydrogens (tertiary/aromatic N) is 4. The molecule has 6 nitrogen and oxygen atoms in total. The molecule has 0 radical (unpaired) electrons. The zero-order valence-corrected chi connectivity index (χ0v) is 17.4. The lowest BCUT2D eigenvalue weighted by atomic mass is 10.0. The molecule has 0 fully saturated rings. The lowest BCUT2D eigenvalue weighted by molar-refractivity contribution is -0.127. The van der Waals surface area contributed by atoms with Crippen molar-refractivity contribution < 1.29 is 9.21 Å². The Morgan fingerprint density at radius 3 is 2.97 bits per heavy atom. The summed E-state index contributed by atoms with van der Waals surface area (Å²) in [6.45, 7) is 0.444. The Morgan fingerprint density at radius 2 is 2.21 bits per heavy atom. The van der Waals surface area contributed by atoms with E-state index in [4.69, 9.17) is 16.0 Å². The van der Waals surface area contributed by atoms with Gasteiger partial charge < -0.3 is 9.32 Å². The molecule has 0 N–H and O–H groups in total. The van der Waals surface area contributed by atoms with E-state index in [-0.39, 0.29) is 11.7 Å². The number of rotatable bonds is 7. The Bertz CT molecular complexity index is 1000. The summed E-state index contributed by atoms with van der Waals surface area (Å²) in [7, 11) is 0. The smallest absolute Gasteiger partial charge is 0.237 e. The molecule has 1 amide bonds. The van der Waals surface area contributed by atoms with Gasteiger partial charge in [-0.3, -0.25) is 9.36 Å². The Kier molecular flexibility index (Phi) is 6.36. The standard InChI is InChI=1S/C21H21ClN4O2S/c22-16-6-4-9-18(12-16)26-15-23-24-21(26)29-14-20(27)25(13-19-10-5-11-28-19)17-7-2-1-3-8-17/h4-7,9-12,15H,1-3,8,13-14H2. The highest BCUT2D eigenvalue weighted by atomic mass is 35.5. The van der Waals surface area contributed by atoms with Gasteiger partial charge in [-0.15, -0.1) is 10.2 Å². The van der Waals surface area contributed by atoms with E-state index < -0.39 is 0 Å². The highest BCUT2D eigenvalue weighted by molar-refractivity contribution is 7.99. The lowest BCUT2D eigenvalue weighted by Gasteiger charge is -2.27. The summed E-state index contributed by atoms with van der Waals surface area (Å²) in [5, 5.41) is 9.46. The molecular weight excluding hydrogens is 408 g/mol. The molecule has 1 aromatic carbocycles. The normalized spacial score (nSPS) is 13.9. The van der Waals surface area contributed by atoms with E-state index in [2.05, 4.69) is 16.3 Å². The zero-order valence-electron chi connectivity index (χ0n) is 15.8. The third-order valence-corrected chi connectivity index (χ3v) is 5.90. The van der Waals surface area contributed by atoms with E-state index in [9.17, 15) is 4.79 Å². The van der Waals surface area contributed by atoms with Crippen molar-refractivity contribution in [2.24, 2.45) is 0 Å². The van der Waals surface area contributed by atoms with Crippen molar-refractivity contribution >= 4 is 29.3 Å². The lowest BCUT2D eigenvalue weighted by Crippen LogP contribution is -2.32. The van der Waals surface area contributed by atoms with Crippen molar-refractivity contribution in [1.82, 2.24) is 19.7 Å². The van der Waals surface area contributed by atoms with Crippen molar-refractivity contribution in [1.29, 1.82) is 0 Å². The minimum atomic E-state index is 0.0280. The van der Waals surface area contributed by atoms with Crippen molar-refractivity contribution in [3.05, 3.63) is 71.5 Å². The topological polar surface area (TPSA) is 64.2 Å². The third kappa shape index (κ3) is 4.92. The Balaban J connectivity index is 1.48. The molecule has 2 aromatic heterocycles. The highest BCUT2D eigenvalue weighted by Crippen LogP contribution is 2.26. The zero-order chi connectivity index (χ0) is 20.1. The summed E-state index contributed by atoms with van der Waals surface area (Å²) in [6, 6.07) is 11.2. The first-order valence-corrected chi connectivity index (χ1v) is 10.9. The van der Waals surface area contributed by atoms with Crippen molar-refractivity contribution in [2.75, 3.05) is 5.75 Å². The molecule has 0 bridgehead atoms. The van der Waals surface area contributed by atoms with Crippen LogP contribution in [0, 0.1) is 0 Å². The first-order valence-electron chi connectivity index (χ1n) is 9.51. The maximum absolute atomic E-state index is 13.1. The summed E-state index contributed by atoms with van der Waals surface area (Å²) >= 11 is 7.46. The molecule has 0 spiro atoms. The van der Waals surface area contributed by atoms with Crippen molar-refractivity contribution in [2.45, 2.75) is 37.4 Å². The second-order valence-corrected chi connectivity index (χ2v) is 8.13. The fourth-order valence-electron chi connectivity index (χ4n) is 3.30. The minimum Gasteiger partial charge on any atom is -0.467 e. The number of thioether (sulfide) groups is 1. The van der Waals surface area contributed by atoms with E-state index in [0.717, 1.165) is 36.4 Å². The Hall–Kier alpha value is -2.51.